The predicted molar refractivity (Wildman–Crippen MR) is 102 cm³/mol. The molecule has 4 amide bonds. The Morgan fingerprint density at radius 2 is 1.63 bits per heavy atom. The van der Waals surface area contributed by atoms with Crippen molar-refractivity contribution in [3.05, 3.63) is 53.8 Å². The molecule has 7 heteroatoms. The topological polar surface area (TPSA) is 74.1 Å². The Morgan fingerprint density at radius 3 is 2.26 bits per heavy atom. The van der Waals surface area contributed by atoms with Crippen LogP contribution in [-0.2, 0) is 9.59 Å². The second kappa shape index (κ2) is 7.49. The molecule has 140 valence electrons. The predicted octanol–water partition coefficient (Wildman–Crippen LogP) is 3.13. The van der Waals surface area contributed by atoms with E-state index in [9.17, 15) is 14.4 Å². The van der Waals surface area contributed by atoms with E-state index in [1.165, 1.54) is 13.1 Å². The first-order valence-electron chi connectivity index (χ1n) is 8.75. The van der Waals surface area contributed by atoms with Crippen LogP contribution < -0.4 is 9.80 Å². The lowest BCUT2D eigenvalue weighted by Crippen LogP contribution is -2.55. The standard InChI is InChI=1S/C20H21N3O4/c1-4-22(5-2)17-12-11-15(27-17)13-16-18(24)21(3)20(26)23(19(16)25)14-9-7-6-8-10-14/h6-13H,4-5H2,1-3H3/b16-13+. The number of barbiturate groups is 1. The van der Waals surface area contributed by atoms with Crippen LogP contribution in [0.3, 0.4) is 0 Å². The van der Waals surface area contributed by atoms with Gasteiger partial charge in [0.1, 0.15) is 11.3 Å². The van der Waals surface area contributed by atoms with Crippen LogP contribution in [0.15, 0.2) is 52.5 Å². The van der Waals surface area contributed by atoms with Crippen LogP contribution >= 0.6 is 0 Å². The first-order valence-corrected chi connectivity index (χ1v) is 8.75. The number of rotatable bonds is 5. The van der Waals surface area contributed by atoms with Crippen LogP contribution in [0.25, 0.3) is 6.08 Å². The molecule has 0 bridgehead atoms. The summed E-state index contributed by atoms with van der Waals surface area (Å²) in [7, 11) is 1.35. The summed E-state index contributed by atoms with van der Waals surface area (Å²) >= 11 is 0. The molecule has 0 spiro atoms. The number of hydrogen-bond acceptors (Lipinski definition) is 5. The molecule has 0 atom stereocenters. The lowest BCUT2D eigenvalue weighted by molar-refractivity contribution is -0.128. The minimum atomic E-state index is -0.684. The molecule has 7 nitrogen and oxygen atoms in total. The van der Waals surface area contributed by atoms with Gasteiger partial charge >= 0.3 is 6.03 Å². The van der Waals surface area contributed by atoms with E-state index in [-0.39, 0.29) is 5.57 Å². The molecule has 1 aliphatic rings. The van der Waals surface area contributed by atoms with Crippen LogP contribution in [0.2, 0.25) is 0 Å². The minimum Gasteiger partial charge on any atom is -0.441 e. The van der Waals surface area contributed by atoms with Crippen molar-refractivity contribution in [1.29, 1.82) is 0 Å². The molecule has 1 saturated heterocycles. The summed E-state index contributed by atoms with van der Waals surface area (Å²) in [4.78, 5) is 41.8. The lowest BCUT2D eigenvalue weighted by atomic mass is 10.1. The number of amides is 4. The molecular weight excluding hydrogens is 346 g/mol. The lowest BCUT2D eigenvalue weighted by Gasteiger charge is -2.31. The molecule has 2 heterocycles. The van der Waals surface area contributed by atoms with Gasteiger partial charge in [-0.3, -0.25) is 14.5 Å². The zero-order valence-corrected chi connectivity index (χ0v) is 15.5. The van der Waals surface area contributed by atoms with E-state index >= 15 is 0 Å². The Morgan fingerprint density at radius 1 is 0.963 bits per heavy atom. The Bertz CT molecular complexity index is 897. The third-order valence-corrected chi connectivity index (χ3v) is 4.44. The molecule has 2 aromatic rings. The van der Waals surface area contributed by atoms with Gasteiger partial charge in [-0.15, -0.1) is 0 Å². The molecule has 1 aromatic heterocycles. The highest BCUT2D eigenvalue weighted by Gasteiger charge is 2.41. The molecular formula is C20H21N3O4. The van der Waals surface area contributed by atoms with Crippen LogP contribution in [0.1, 0.15) is 19.6 Å². The van der Waals surface area contributed by atoms with E-state index in [1.54, 1.807) is 42.5 Å². The van der Waals surface area contributed by atoms with Gasteiger partial charge in [-0.2, -0.15) is 0 Å². The van der Waals surface area contributed by atoms with Gasteiger partial charge in [0, 0.05) is 26.2 Å². The quantitative estimate of drug-likeness (QED) is 0.600. The van der Waals surface area contributed by atoms with Crippen molar-refractivity contribution in [2.45, 2.75) is 13.8 Å². The molecule has 0 N–H and O–H groups in total. The van der Waals surface area contributed by atoms with E-state index in [2.05, 4.69) is 0 Å². The number of para-hydroxylation sites is 1. The number of carbonyl (C=O) groups excluding carboxylic acids is 3. The van der Waals surface area contributed by atoms with Crippen molar-refractivity contribution < 1.29 is 18.8 Å². The van der Waals surface area contributed by atoms with Gasteiger partial charge in [-0.1, -0.05) is 18.2 Å². The summed E-state index contributed by atoms with van der Waals surface area (Å²) in [6, 6.07) is 11.3. The fourth-order valence-electron chi connectivity index (χ4n) is 2.91. The third kappa shape index (κ3) is 3.36. The smallest absolute Gasteiger partial charge is 0.338 e. The summed E-state index contributed by atoms with van der Waals surface area (Å²) in [6.45, 7) is 5.57. The van der Waals surface area contributed by atoms with Crippen LogP contribution in [0.4, 0.5) is 16.4 Å². The Kier molecular flexibility index (Phi) is 5.12. The monoisotopic (exact) mass is 367 g/mol. The Labute approximate surface area is 157 Å². The molecule has 1 aromatic carbocycles. The maximum Gasteiger partial charge on any atom is 0.338 e. The number of carbonyl (C=O) groups is 3. The highest BCUT2D eigenvalue weighted by Crippen LogP contribution is 2.26. The van der Waals surface area contributed by atoms with Crippen LogP contribution in [0.5, 0.6) is 0 Å². The second-order valence-electron chi connectivity index (χ2n) is 6.03. The maximum atomic E-state index is 12.9. The number of urea groups is 1. The number of anilines is 2. The van der Waals surface area contributed by atoms with Crippen LogP contribution in [-0.4, -0.2) is 42.9 Å². The van der Waals surface area contributed by atoms with E-state index in [1.807, 2.05) is 18.7 Å². The van der Waals surface area contributed by atoms with Crippen molar-refractivity contribution in [2.75, 3.05) is 29.9 Å². The number of nitrogens with zero attached hydrogens (tertiary/aromatic N) is 3. The van der Waals surface area contributed by atoms with Gasteiger partial charge in [-0.05, 0) is 38.1 Å². The summed E-state index contributed by atoms with van der Waals surface area (Å²) in [6.07, 6.45) is 1.39. The van der Waals surface area contributed by atoms with Gasteiger partial charge in [0.2, 0.25) is 0 Å². The zero-order chi connectivity index (χ0) is 19.6. The SMILES string of the molecule is CCN(CC)c1ccc(/C=C2\C(=O)N(C)C(=O)N(c3ccccc3)C2=O)o1. The number of furan rings is 1. The van der Waals surface area contributed by atoms with Gasteiger partial charge in [0.25, 0.3) is 11.8 Å². The van der Waals surface area contributed by atoms with E-state index in [4.69, 9.17) is 4.42 Å². The summed E-state index contributed by atoms with van der Waals surface area (Å²) in [5.41, 5.74) is 0.280. The fourth-order valence-corrected chi connectivity index (χ4v) is 2.91. The van der Waals surface area contributed by atoms with Gasteiger partial charge in [0.05, 0.1) is 5.69 Å². The van der Waals surface area contributed by atoms with Crippen LogP contribution in [0, 0.1) is 0 Å². The van der Waals surface area contributed by atoms with E-state index < -0.39 is 17.8 Å². The first kappa shape index (κ1) is 18.4. The van der Waals surface area contributed by atoms with Gasteiger partial charge < -0.3 is 9.32 Å². The molecule has 0 saturated carbocycles. The highest BCUT2D eigenvalue weighted by atomic mass is 16.4. The fraction of sp³-hybridized carbons (Fsp3) is 0.250. The maximum absolute atomic E-state index is 12.9. The normalized spacial score (nSPS) is 16.4. The molecule has 1 fully saturated rings. The molecule has 0 radical (unpaired) electrons. The van der Waals surface area contributed by atoms with Gasteiger partial charge in [0.15, 0.2) is 5.88 Å². The highest BCUT2D eigenvalue weighted by molar-refractivity contribution is 6.38. The minimum absolute atomic E-state index is 0.124. The van der Waals surface area contributed by atoms with Crippen molar-refractivity contribution in [2.24, 2.45) is 0 Å². The number of imide groups is 2. The Hall–Kier alpha value is -3.35. The van der Waals surface area contributed by atoms with Crippen molar-refractivity contribution in [3.8, 4) is 0 Å². The largest absolute Gasteiger partial charge is 0.441 e. The third-order valence-electron chi connectivity index (χ3n) is 4.44. The molecule has 0 unspecified atom stereocenters. The summed E-state index contributed by atoms with van der Waals surface area (Å²) < 4.78 is 5.75. The van der Waals surface area contributed by atoms with Crippen molar-refractivity contribution >= 4 is 35.5 Å². The summed E-state index contributed by atoms with van der Waals surface area (Å²) in [5, 5.41) is 0. The summed E-state index contributed by atoms with van der Waals surface area (Å²) in [5.74, 6) is -0.288. The van der Waals surface area contributed by atoms with E-state index in [0.29, 0.717) is 17.3 Å². The second-order valence-corrected chi connectivity index (χ2v) is 6.03. The zero-order valence-electron chi connectivity index (χ0n) is 15.5. The Balaban J connectivity index is 1.99. The molecule has 27 heavy (non-hydrogen) atoms. The molecule has 0 aliphatic carbocycles. The first-order chi connectivity index (χ1) is 13.0. The number of hydrogen-bond donors (Lipinski definition) is 0. The van der Waals surface area contributed by atoms with Crippen molar-refractivity contribution in [1.82, 2.24) is 4.90 Å². The van der Waals surface area contributed by atoms with Gasteiger partial charge in [-0.25, -0.2) is 9.69 Å². The molecule has 3 rings (SSSR count). The molecule has 1 aliphatic heterocycles. The van der Waals surface area contributed by atoms with Crippen molar-refractivity contribution in [3.63, 3.8) is 0 Å². The number of benzene rings is 1. The van der Waals surface area contributed by atoms with E-state index in [0.717, 1.165) is 22.9 Å². The number of likely N-dealkylation sites (N-methyl/N-ethyl adjacent to an activating group) is 1. The average molecular weight is 367 g/mol. The average Bonchev–Trinajstić information content (AvgIpc) is 3.14.